The fraction of sp³-hybridized carbons (Fsp3) is 0.458. The van der Waals surface area contributed by atoms with Crippen molar-refractivity contribution in [2.24, 2.45) is 17.8 Å². The first-order valence-electron chi connectivity index (χ1n) is 10.8. The van der Waals surface area contributed by atoms with E-state index in [9.17, 15) is 13.2 Å². The molecule has 4 aliphatic rings. The molecule has 0 aliphatic heterocycles. The molecule has 5 nitrogen and oxygen atoms in total. The van der Waals surface area contributed by atoms with Gasteiger partial charge in [0.15, 0.2) is 0 Å². The summed E-state index contributed by atoms with van der Waals surface area (Å²) in [7, 11) is -2.21. The molecule has 4 fully saturated rings. The topological polar surface area (TPSA) is 66.5 Å². The van der Waals surface area contributed by atoms with E-state index in [-0.39, 0.29) is 16.3 Å². The highest BCUT2D eigenvalue weighted by Gasteiger charge is 2.51. The van der Waals surface area contributed by atoms with E-state index in [1.807, 2.05) is 6.07 Å². The molecule has 0 heterocycles. The van der Waals surface area contributed by atoms with Crippen molar-refractivity contribution in [2.45, 2.75) is 49.0 Å². The molecule has 0 saturated heterocycles. The summed E-state index contributed by atoms with van der Waals surface area (Å²) in [5, 5.41) is 3.33. The molecule has 0 aromatic heterocycles. The van der Waals surface area contributed by atoms with Crippen LogP contribution in [0.2, 0.25) is 0 Å². The Kier molecular flexibility index (Phi) is 4.65. The van der Waals surface area contributed by atoms with Crippen molar-refractivity contribution in [1.29, 1.82) is 0 Å². The molecule has 1 N–H and O–H groups in total. The summed E-state index contributed by atoms with van der Waals surface area (Å²) >= 11 is 0. The van der Waals surface area contributed by atoms with Crippen molar-refractivity contribution in [3.8, 4) is 0 Å². The highest BCUT2D eigenvalue weighted by atomic mass is 32.2. The number of nitrogens with zero attached hydrogens (tertiary/aromatic N) is 1. The van der Waals surface area contributed by atoms with Crippen molar-refractivity contribution in [3.63, 3.8) is 0 Å². The third kappa shape index (κ3) is 3.41. The molecule has 6 rings (SSSR count). The van der Waals surface area contributed by atoms with E-state index in [1.54, 1.807) is 42.5 Å². The van der Waals surface area contributed by atoms with E-state index in [0.717, 1.165) is 37.0 Å². The maximum absolute atomic E-state index is 13.1. The number of hydrogen-bond donors (Lipinski definition) is 1. The first kappa shape index (κ1) is 19.6. The van der Waals surface area contributed by atoms with Crippen LogP contribution in [0.1, 0.15) is 48.9 Å². The Morgan fingerprint density at radius 3 is 2.13 bits per heavy atom. The van der Waals surface area contributed by atoms with Gasteiger partial charge in [-0.3, -0.25) is 9.10 Å². The van der Waals surface area contributed by atoms with Gasteiger partial charge in [0.05, 0.1) is 10.6 Å². The smallest absolute Gasteiger partial charge is 0.264 e. The van der Waals surface area contributed by atoms with Crippen LogP contribution in [0.3, 0.4) is 0 Å². The molecule has 4 saturated carbocycles. The zero-order valence-electron chi connectivity index (χ0n) is 17.3. The average Bonchev–Trinajstić information content (AvgIpc) is 2.72. The molecule has 0 spiro atoms. The lowest BCUT2D eigenvalue weighted by Crippen LogP contribution is -2.59. The predicted molar refractivity (Wildman–Crippen MR) is 117 cm³/mol. The zero-order chi connectivity index (χ0) is 20.9. The van der Waals surface area contributed by atoms with Gasteiger partial charge in [-0.1, -0.05) is 24.3 Å². The second-order valence-corrected chi connectivity index (χ2v) is 11.5. The Balaban J connectivity index is 1.38. The largest absolute Gasteiger partial charge is 0.347 e. The number of hydrogen-bond acceptors (Lipinski definition) is 3. The lowest BCUT2D eigenvalue weighted by molar-refractivity contribution is -0.0167. The monoisotopic (exact) mass is 424 g/mol. The van der Waals surface area contributed by atoms with Crippen molar-refractivity contribution >= 4 is 21.6 Å². The molecular weight excluding hydrogens is 396 g/mol. The van der Waals surface area contributed by atoms with Gasteiger partial charge in [-0.2, -0.15) is 0 Å². The van der Waals surface area contributed by atoms with E-state index in [0.29, 0.717) is 11.3 Å². The van der Waals surface area contributed by atoms with Crippen LogP contribution in [-0.2, 0) is 10.0 Å². The molecular formula is C24H28N2O3S. The van der Waals surface area contributed by atoms with Gasteiger partial charge in [0.25, 0.3) is 15.9 Å². The second-order valence-electron chi connectivity index (χ2n) is 9.49. The van der Waals surface area contributed by atoms with Gasteiger partial charge in [0, 0.05) is 18.2 Å². The quantitative estimate of drug-likeness (QED) is 0.782. The number of nitrogens with one attached hydrogen (secondary N) is 1. The maximum Gasteiger partial charge on any atom is 0.264 e. The third-order valence-electron chi connectivity index (χ3n) is 7.29. The molecule has 0 unspecified atom stereocenters. The predicted octanol–water partition coefficient (Wildman–Crippen LogP) is 4.21. The molecule has 4 aliphatic carbocycles. The summed E-state index contributed by atoms with van der Waals surface area (Å²) in [5.41, 5.74) is 0.899. The Labute approximate surface area is 178 Å². The van der Waals surface area contributed by atoms with Crippen LogP contribution in [0, 0.1) is 17.8 Å². The van der Waals surface area contributed by atoms with Gasteiger partial charge in [-0.25, -0.2) is 8.42 Å². The number of benzene rings is 2. The van der Waals surface area contributed by atoms with Crippen LogP contribution in [0.4, 0.5) is 5.69 Å². The first-order chi connectivity index (χ1) is 14.3. The van der Waals surface area contributed by atoms with Crippen LogP contribution < -0.4 is 9.62 Å². The standard InChI is InChI=1S/C24H28N2O3S/c1-26(21-7-3-2-4-8-21)30(28,29)22-9-5-6-20(13-22)23(27)25-24-14-17-10-18(15-24)12-19(11-17)16-24/h2-9,13,17-19H,10-12,14-16H2,1H3,(H,25,27). The van der Waals surface area contributed by atoms with E-state index in [4.69, 9.17) is 0 Å². The van der Waals surface area contributed by atoms with Crippen molar-refractivity contribution in [1.82, 2.24) is 5.32 Å². The molecule has 1 amide bonds. The fourth-order valence-electron chi connectivity index (χ4n) is 6.31. The summed E-state index contributed by atoms with van der Waals surface area (Å²) in [4.78, 5) is 13.3. The summed E-state index contributed by atoms with van der Waals surface area (Å²) in [5.74, 6) is 2.06. The average molecular weight is 425 g/mol. The number of sulfonamides is 1. The van der Waals surface area contributed by atoms with Gasteiger partial charge >= 0.3 is 0 Å². The van der Waals surface area contributed by atoms with Crippen LogP contribution in [-0.4, -0.2) is 26.9 Å². The SMILES string of the molecule is CN(c1ccccc1)S(=O)(=O)c1cccc(C(=O)NC23CC4CC(CC(C4)C2)C3)c1. The lowest BCUT2D eigenvalue weighted by atomic mass is 9.53. The minimum Gasteiger partial charge on any atom is -0.347 e. The Morgan fingerprint density at radius 2 is 1.53 bits per heavy atom. The molecule has 6 heteroatoms. The molecule has 30 heavy (non-hydrogen) atoms. The highest BCUT2D eigenvalue weighted by Crippen LogP contribution is 2.55. The van der Waals surface area contributed by atoms with Crippen molar-refractivity contribution < 1.29 is 13.2 Å². The van der Waals surface area contributed by atoms with Crippen LogP contribution >= 0.6 is 0 Å². The molecule has 158 valence electrons. The van der Waals surface area contributed by atoms with Gasteiger partial charge in [0.2, 0.25) is 0 Å². The summed E-state index contributed by atoms with van der Waals surface area (Å²) in [6.07, 6.45) is 7.15. The molecule has 0 radical (unpaired) electrons. The number of amides is 1. The Hall–Kier alpha value is -2.34. The van der Waals surface area contributed by atoms with Gasteiger partial charge in [0.1, 0.15) is 0 Å². The second kappa shape index (κ2) is 7.12. The van der Waals surface area contributed by atoms with Gasteiger partial charge < -0.3 is 5.32 Å². The third-order valence-corrected chi connectivity index (χ3v) is 9.07. The number of carbonyl (C=O) groups excluding carboxylic acids is 1. The van der Waals surface area contributed by atoms with Crippen LogP contribution in [0.25, 0.3) is 0 Å². The van der Waals surface area contributed by atoms with Crippen molar-refractivity contribution in [3.05, 3.63) is 60.2 Å². The molecule has 0 atom stereocenters. The maximum atomic E-state index is 13.1. The summed E-state index contributed by atoms with van der Waals surface area (Å²) < 4.78 is 27.5. The number of rotatable bonds is 5. The summed E-state index contributed by atoms with van der Waals surface area (Å²) in [6, 6.07) is 15.4. The molecule has 4 bridgehead atoms. The van der Waals surface area contributed by atoms with E-state index >= 15 is 0 Å². The number of anilines is 1. The first-order valence-corrected chi connectivity index (χ1v) is 12.3. The minimum absolute atomic E-state index is 0.0957. The van der Waals surface area contributed by atoms with E-state index in [1.165, 1.54) is 36.7 Å². The van der Waals surface area contributed by atoms with Crippen LogP contribution in [0.5, 0.6) is 0 Å². The number of para-hydroxylation sites is 1. The normalized spacial score (nSPS) is 29.6. The summed E-state index contributed by atoms with van der Waals surface area (Å²) in [6.45, 7) is 0. The molecule has 2 aromatic rings. The molecule has 2 aromatic carbocycles. The Bertz CT molecular complexity index is 1030. The minimum atomic E-state index is -3.75. The van der Waals surface area contributed by atoms with Gasteiger partial charge in [-0.05, 0) is 86.6 Å². The van der Waals surface area contributed by atoms with Gasteiger partial charge in [-0.15, -0.1) is 0 Å². The van der Waals surface area contributed by atoms with E-state index in [2.05, 4.69) is 5.32 Å². The van der Waals surface area contributed by atoms with Crippen molar-refractivity contribution in [2.75, 3.05) is 11.4 Å². The lowest BCUT2D eigenvalue weighted by Gasteiger charge is -2.56. The Morgan fingerprint density at radius 1 is 0.933 bits per heavy atom. The highest BCUT2D eigenvalue weighted by molar-refractivity contribution is 7.92. The number of carbonyl (C=O) groups is 1. The fourth-order valence-corrected chi connectivity index (χ4v) is 7.55. The zero-order valence-corrected chi connectivity index (χ0v) is 18.1. The van der Waals surface area contributed by atoms with Crippen LogP contribution in [0.15, 0.2) is 59.5 Å². The van der Waals surface area contributed by atoms with E-state index < -0.39 is 10.0 Å².